The molecule has 0 amide bonds. The molecule has 0 saturated heterocycles. The number of primary sulfonamides is 1. The van der Waals surface area contributed by atoms with E-state index in [1.807, 2.05) is 0 Å². The van der Waals surface area contributed by atoms with E-state index in [0.29, 0.717) is 0 Å². The first-order valence-corrected chi connectivity index (χ1v) is 6.02. The molecule has 2 N–H and O–H groups in total. The van der Waals surface area contributed by atoms with Gasteiger partial charge in [-0.05, 0) is 22.0 Å². The molecule has 86 valence electrons. The molecule has 0 spiro atoms. The van der Waals surface area contributed by atoms with Gasteiger partial charge in [-0.1, -0.05) is 0 Å². The number of nitrogens with two attached hydrogens (primary N) is 1. The van der Waals surface area contributed by atoms with E-state index < -0.39 is 32.7 Å². The molecular formula is C7H4BrF2N3O2S. The minimum Gasteiger partial charge on any atom is -0.232 e. The highest BCUT2D eigenvalue weighted by molar-refractivity contribution is 9.10. The number of aromatic nitrogens is 1. The van der Waals surface area contributed by atoms with E-state index in [2.05, 4.69) is 20.9 Å². The van der Waals surface area contributed by atoms with E-state index in [1.54, 1.807) is 0 Å². The van der Waals surface area contributed by atoms with E-state index in [0.717, 1.165) is 6.07 Å². The van der Waals surface area contributed by atoms with Gasteiger partial charge in [-0.3, -0.25) is 0 Å². The molecule has 0 saturated carbocycles. The number of nitrogens with zero attached hydrogens (tertiary/aromatic N) is 2. The summed E-state index contributed by atoms with van der Waals surface area (Å²) in [5.74, 6) is 0. The fourth-order valence-electron chi connectivity index (χ4n) is 0.924. The number of alkyl halides is 2. The van der Waals surface area contributed by atoms with Gasteiger partial charge in [0.15, 0.2) is 5.03 Å². The lowest BCUT2D eigenvalue weighted by Gasteiger charge is -2.06. The van der Waals surface area contributed by atoms with Crippen LogP contribution in [0.2, 0.25) is 0 Å². The van der Waals surface area contributed by atoms with Gasteiger partial charge >= 0.3 is 0 Å². The molecule has 1 aromatic heterocycles. The third-order valence-corrected chi connectivity index (χ3v) is 3.00. The Bertz CT molecular complexity index is 568. The molecule has 9 heteroatoms. The number of sulfonamides is 1. The van der Waals surface area contributed by atoms with Crippen molar-refractivity contribution in [3.05, 3.63) is 21.8 Å². The molecule has 1 rings (SSSR count). The third kappa shape index (κ3) is 2.52. The van der Waals surface area contributed by atoms with E-state index in [4.69, 9.17) is 10.4 Å². The summed E-state index contributed by atoms with van der Waals surface area (Å²) in [5.41, 5.74) is -1.33. The molecule has 1 heterocycles. The molecule has 5 nitrogen and oxygen atoms in total. The summed E-state index contributed by atoms with van der Waals surface area (Å²) >= 11 is 2.80. The van der Waals surface area contributed by atoms with Crippen molar-refractivity contribution in [1.29, 1.82) is 5.26 Å². The van der Waals surface area contributed by atoms with E-state index in [-0.39, 0.29) is 4.47 Å². The highest BCUT2D eigenvalue weighted by Gasteiger charge is 2.22. The largest absolute Gasteiger partial charge is 0.281 e. The van der Waals surface area contributed by atoms with Gasteiger partial charge in [-0.25, -0.2) is 27.3 Å². The van der Waals surface area contributed by atoms with Crippen molar-refractivity contribution in [1.82, 2.24) is 4.98 Å². The Morgan fingerprint density at radius 2 is 2.12 bits per heavy atom. The number of halogens is 3. The maximum Gasteiger partial charge on any atom is 0.281 e. The van der Waals surface area contributed by atoms with Crippen LogP contribution in [0.1, 0.15) is 17.7 Å². The van der Waals surface area contributed by atoms with Crippen molar-refractivity contribution in [2.75, 3.05) is 0 Å². The average Bonchev–Trinajstić information content (AvgIpc) is 2.14. The van der Waals surface area contributed by atoms with Crippen LogP contribution in [-0.4, -0.2) is 13.4 Å². The first-order chi connectivity index (χ1) is 7.27. The molecule has 0 aromatic carbocycles. The first-order valence-electron chi connectivity index (χ1n) is 3.69. The average molecular weight is 312 g/mol. The monoisotopic (exact) mass is 311 g/mol. The lowest BCUT2D eigenvalue weighted by molar-refractivity contribution is 0.145. The van der Waals surface area contributed by atoms with Crippen LogP contribution in [0, 0.1) is 11.3 Å². The normalized spacial score (nSPS) is 11.5. The fraction of sp³-hybridized carbons (Fsp3) is 0.143. The minimum atomic E-state index is -4.19. The van der Waals surface area contributed by atoms with Gasteiger partial charge < -0.3 is 0 Å². The molecule has 0 fully saturated rings. The van der Waals surface area contributed by atoms with E-state index in [1.165, 1.54) is 6.07 Å². The van der Waals surface area contributed by atoms with Gasteiger partial charge in [0.05, 0.1) is 5.56 Å². The van der Waals surface area contributed by atoms with Gasteiger partial charge in [0.1, 0.15) is 11.8 Å². The maximum absolute atomic E-state index is 12.5. The van der Waals surface area contributed by atoms with Gasteiger partial charge in [0.25, 0.3) is 16.4 Å². The standard InChI is InChI=1S/C7H4BrF2N3O2S/c8-4-1-5(16(12,14)15)13-6(7(9)10)3(4)2-11/h1,7H,(H2,12,14,15). The van der Waals surface area contributed by atoms with Crippen molar-refractivity contribution in [3.63, 3.8) is 0 Å². The van der Waals surface area contributed by atoms with Gasteiger partial charge in [0.2, 0.25) is 0 Å². The number of rotatable bonds is 2. The second-order valence-electron chi connectivity index (χ2n) is 2.66. The predicted molar refractivity (Wildman–Crippen MR) is 53.0 cm³/mol. The maximum atomic E-state index is 12.5. The lowest BCUT2D eigenvalue weighted by Crippen LogP contribution is -2.15. The van der Waals surface area contributed by atoms with Crippen LogP contribution in [0.3, 0.4) is 0 Å². The van der Waals surface area contributed by atoms with Crippen LogP contribution in [0.25, 0.3) is 0 Å². The summed E-state index contributed by atoms with van der Waals surface area (Å²) in [5, 5.41) is 12.6. The second-order valence-corrected chi connectivity index (χ2v) is 5.02. The molecule has 16 heavy (non-hydrogen) atoms. The zero-order valence-electron chi connectivity index (χ0n) is 7.49. The van der Waals surface area contributed by atoms with Crippen LogP contribution >= 0.6 is 15.9 Å². The summed E-state index contributed by atoms with van der Waals surface area (Å²) in [6.07, 6.45) is -3.06. The van der Waals surface area contributed by atoms with Crippen LogP contribution in [0.15, 0.2) is 15.6 Å². The predicted octanol–water partition coefficient (Wildman–Crippen LogP) is 1.30. The smallest absolute Gasteiger partial charge is 0.232 e. The molecule has 0 bridgehead atoms. The zero-order valence-corrected chi connectivity index (χ0v) is 9.89. The molecule has 0 unspecified atom stereocenters. The van der Waals surface area contributed by atoms with Gasteiger partial charge in [0, 0.05) is 4.47 Å². The molecule has 0 aliphatic heterocycles. The van der Waals surface area contributed by atoms with E-state index >= 15 is 0 Å². The number of nitriles is 1. The van der Waals surface area contributed by atoms with Crippen molar-refractivity contribution >= 4 is 26.0 Å². The molecular weight excluding hydrogens is 308 g/mol. The molecule has 0 aliphatic carbocycles. The lowest BCUT2D eigenvalue weighted by atomic mass is 10.2. The van der Waals surface area contributed by atoms with Gasteiger partial charge in [-0.15, -0.1) is 0 Å². The Morgan fingerprint density at radius 3 is 2.50 bits per heavy atom. The Kier molecular flexibility index (Phi) is 3.57. The first kappa shape index (κ1) is 13.0. The van der Waals surface area contributed by atoms with Crippen molar-refractivity contribution in [3.8, 4) is 6.07 Å². The highest BCUT2D eigenvalue weighted by Crippen LogP contribution is 2.28. The van der Waals surface area contributed by atoms with Gasteiger partial charge in [-0.2, -0.15) is 5.26 Å². The summed E-state index contributed by atoms with van der Waals surface area (Å²) in [4.78, 5) is 3.16. The molecule has 1 aromatic rings. The topological polar surface area (TPSA) is 96.8 Å². The Balaban J connectivity index is 3.61. The Morgan fingerprint density at radius 1 is 1.56 bits per heavy atom. The summed E-state index contributed by atoms with van der Waals surface area (Å²) < 4.78 is 46.7. The number of pyridine rings is 1. The fourth-order valence-corrected chi connectivity index (χ4v) is 2.09. The number of hydrogen-bond acceptors (Lipinski definition) is 4. The molecule has 0 radical (unpaired) electrons. The van der Waals surface area contributed by atoms with Crippen LogP contribution < -0.4 is 5.14 Å². The highest BCUT2D eigenvalue weighted by atomic mass is 79.9. The van der Waals surface area contributed by atoms with Crippen molar-refractivity contribution < 1.29 is 17.2 Å². The SMILES string of the molecule is N#Cc1c(Br)cc(S(N)(=O)=O)nc1C(F)F. The summed E-state index contributed by atoms with van der Waals surface area (Å²) in [7, 11) is -4.19. The molecule has 0 aliphatic rings. The third-order valence-electron chi connectivity index (χ3n) is 1.59. The number of hydrogen-bond donors (Lipinski definition) is 1. The van der Waals surface area contributed by atoms with E-state index in [9.17, 15) is 17.2 Å². The second kappa shape index (κ2) is 4.40. The zero-order chi connectivity index (χ0) is 12.5. The molecule has 0 atom stereocenters. The van der Waals surface area contributed by atoms with Crippen molar-refractivity contribution in [2.24, 2.45) is 5.14 Å². The summed E-state index contributed by atoms with van der Waals surface area (Å²) in [6, 6.07) is 2.40. The van der Waals surface area contributed by atoms with Crippen LogP contribution in [-0.2, 0) is 10.0 Å². The summed E-state index contributed by atoms with van der Waals surface area (Å²) in [6.45, 7) is 0. The Hall–Kier alpha value is -1.11. The minimum absolute atomic E-state index is 0.0932. The van der Waals surface area contributed by atoms with Crippen molar-refractivity contribution in [2.45, 2.75) is 11.5 Å². The quantitative estimate of drug-likeness (QED) is 0.890. The van der Waals surface area contributed by atoms with Crippen LogP contribution in [0.5, 0.6) is 0 Å². The van der Waals surface area contributed by atoms with Crippen LogP contribution in [0.4, 0.5) is 8.78 Å². The Labute approximate surface area is 98.1 Å².